The molecule has 176 valence electrons. The van der Waals surface area contributed by atoms with E-state index < -0.39 is 5.69 Å². The second-order valence-electron chi connectivity index (χ2n) is 8.20. The Bertz CT molecular complexity index is 763. The Labute approximate surface area is 248 Å². The molecule has 2 rings (SSSR count). The average molecular weight is 618 g/mol. The summed E-state index contributed by atoms with van der Waals surface area (Å²) >= 11 is 6.91. The number of hydrogen-bond acceptors (Lipinski definition) is 3. The van der Waals surface area contributed by atoms with Crippen LogP contribution in [0.5, 0.6) is 5.75 Å². The third-order valence-electron chi connectivity index (χ3n) is 5.47. The van der Waals surface area contributed by atoms with Crippen molar-refractivity contribution in [2.45, 2.75) is 95.8 Å². The normalized spacial score (nSPS) is 12.7. The molecule has 2 nitrogen and oxygen atoms in total. The van der Waals surface area contributed by atoms with Crippen molar-refractivity contribution in [3.8, 4) is 5.75 Å². The third-order valence-corrected chi connectivity index (χ3v) is 9.13. The first-order valence-corrected chi connectivity index (χ1v) is 16.0. The van der Waals surface area contributed by atoms with E-state index >= 15 is 0 Å². The van der Waals surface area contributed by atoms with Crippen LogP contribution in [-0.4, -0.2) is 53.8 Å². The van der Waals surface area contributed by atoms with Gasteiger partial charge in [-0.2, -0.15) is 0 Å². The molecule has 0 aliphatic rings. The molecular formula is C26H41BaO2PS2. The molecule has 1 unspecified atom stereocenters. The van der Waals surface area contributed by atoms with E-state index in [0.29, 0.717) is 0 Å². The fourth-order valence-corrected chi connectivity index (χ4v) is 7.44. The van der Waals surface area contributed by atoms with E-state index in [1.807, 2.05) is 24.3 Å². The molecule has 2 aromatic carbocycles. The van der Waals surface area contributed by atoms with Gasteiger partial charge in [-0.3, -0.25) is 0 Å². The SMILES string of the molecule is CCCCCCCc1ccccc1OP(O)(=S)Sc1ccccc1CCCCCCC.[Ba+2].[H-].[H-]. The quantitative estimate of drug-likeness (QED) is 0.116. The largest absolute Gasteiger partial charge is 2.00 e. The second kappa shape index (κ2) is 18.1. The molecular weight excluding hydrogens is 577 g/mol. The maximum absolute atomic E-state index is 11.0. The molecule has 0 saturated heterocycles. The summed E-state index contributed by atoms with van der Waals surface area (Å²) in [6.45, 7) is 4.48. The molecule has 6 heteroatoms. The molecule has 0 amide bonds. The van der Waals surface area contributed by atoms with Crippen LogP contribution < -0.4 is 4.52 Å². The Hall–Kier alpha value is 0.771. The molecule has 0 saturated carbocycles. The minimum Gasteiger partial charge on any atom is -1.00 e. The van der Waals surface area contributed by atoms with Crippen molar-refractivity contribution in [3.05, 3.63) is 59.7 Å². The van der Waals surface area contributed by atoms with Crippen LogP contribution in [0, 0.1) is 0 Å². The maximum Gasteiger partial charge on any atom is 2.00 e. The van der Waals surface area contributed by atoms with E-state index in [2.05, 4.69) is 38.1 Å². The first kappa shape index (κ1) is 30.8. The zero-order valence-corrected chi connectivity index (χ0v) is 26.9. The summed E-state index contributed by atoms with van der Waals surface area (Å²) in [5.74, 6) is 0.744. The molecule has 2 aromatic rings. The second-order valence-corrected chi connectivity index (χ2v) is 14.1. The van der Waals surface area contributed by atoms with Gasteiger partial charge in [0.15, 0.2) is 0 Å². The van der Waals surface area contributed by atoms with Crippen molar-refractivity contribution in [2.24, 2.45) is 0 Å². The van der Waals surface area contributed by atoms with E-state index in [0.717, 1.165) is 35.5 Å². The zero-order chi connectivity index (χ0) is 22.4. The van der Waals surface area contributed by atoms with Gasteiger partial charge in [0.1, 0.15) is 5.75 Å². The van der Waals surface area contributed by atoms with Crippen LogP contribution in [-0.2, 0) is 24.6 Å². The Balaban J connectivity index is 0. The number of rotatable bonds is 16. The topological polar surface area (TPSA) is 29.5 Å². The fourth-order valence-electron chi connectivity index (χ4n) is 3.70. The number of aryl methyl sites for hydroxylation is 2. The zero-order valence-electron chi connectivity index (χ0n) is 21.9. The molecule has 1 atom stereocenters. The first-order chi connectivity index (χ1) is 15.1. The van der Waals surface area contributed by atoms with Crippen molar-refractivity contribution in [1.82, 2.24) is 0 Å². The maximum atomic E-state index is 11.0. The Morgan fingerprint density at radius 2 is 1.28 bits per heavy atom. The predicted molar refractivity (Wildman–Crippen MR) is 149 cm³/mol. The van der Waals surface area contributed by atoms with Crippen LogP contribution in [0.15, 0.2) is 53.4 Å². The molecule has 0 aliphatic carbocycles. The van der Waals surface area contributed by atoms with Crippen molar-refractivity contribution in [3.63, 3.8) is 0 Å². The average Bonchev–Trinajstić information content (AvgIpc) is 2.75. The number of unbranched alkanes of at least 4 members (excludes halogenated alkanes) is 8. The summed E-state index contributed by atoms with van der Waals surface area (Å²) < 4.78 is 6.07. The van der Waals surface area contributed by atoms with Gasteiger partial charge in [-0.25, -0.2) is 0 Å². The van der Waals surface area contributed by atoms with Crippen LogP contribution in [0.1, 0.15) is 92.0 Å². The van der Waals surface area contributed by atoms with E-state index in [9.17, 15) is 4.89 Å². The summed E-state index contributed by atoms with van der Waals surface area (Å²) in [7, 11) is 0. The van der Waals surface area contributed by atoms with Crippen molar-refractivity contribution < 1.29 is 12.3 Å². The van der Waals surface area contributed by atoms with Crippen LogP contribution in [0.2, 0.25) is 0 Å². The monoisotopic (exact) mass is 618 g/mol. The molecule has 0 bridgehead atoms. The Morgan fingerprint density at radius 1 is 0.781 bits per heavy atom. The first-order valence-electron chi connectivity index (χ1n) is 11.9. The summed E-state index contributed by atoms with van der Waals surface area (Å²) in [6, 6.07) is 16.3. The molecule has 0 aromatic heterocycles. The van der Waals surface area contributed by atoms with Crippen molar-refractivity contribution in [1.29, 1.82) is 0 Å². The van der Waals surface area contributed by atoms with Crippen molar-refractivity contribution >= 4 is 77.8 Å². The summed E-state index contributed by atoms with van der Waals surface area (Å²) in [4.78, 5) is 12.1. The minimum atomic E-state index is -3.04. The number of para-hydroxylation sites is 1. The molecule has 0 radical (unpaired) electrons. The van der Waals surface area contributed by atoms with E-state index in [1.54, 1.807) is 0 Å². The van der Waals surface area contributed by atoms with E-state index in [4.69, 9.17) is 16.3 Å². The van der Waals surface area contributed by atoms with Gasteiger partial charge in [-0.15, -0.1) is 0 Å². The molecule has 1 N–H and O–H groups in total. The molecule has 0 fully saturated rings. The minimum absolute atomic E-state index is 0. The van der Waals surface area contributed by atoms with E-state index in [-0.39, 0.29) is 51.7 Å². The van der Waals surface area contributed by atoms with Crippen LogP contribution in [0.3, 0.4) is 0 Å². The summed E-state index contributed by atoms with van der Waals surface area (Å²) in [5.41, 5.74) is -0.630. The molecule has 32 heavy (non-hydrogen) atoms. The van der Waals surface area contributed by atoms with Gasteiger partial charge in [0.2, 0.25) is 0 Å². The Kier molecular flexibility index (Phi) is 17.4. The third kappa shape index (κ3) is 12.5. The Morgan fingerprint density at radius 3 is 1.91 bits per heavy atom. The van der Waals surface area contributed by atoms with Gasteiger partial charge < -0.3 is 12.3 Å². The van der Waals surface area contributed by atoms with Gasteiger partial charge in [-0.1, -0.05) is 102 Å². The summed E-state index contributed by atoms with van der Waals surface area (Å²) in [5, 5.41) is 0. The van der Waals surface area contributed by atoms with Gasteiger partial charge in [-0.05, 0) is 72.1 Å². The number of hydrogen-bond donors (Lipinski definition) is 1. The van der Waals surface area contributed by atoms with Crippen LogP contribution in [0.4, 0.5) is 0 Å². The number of benzene rings is 2. The smallest absolute Gasteiger partial charge is 1.00 e. The standard InChI is InChI=1S/C26H39O2PS2.Ba.2H/c1-3-5-7-9-11-17-23-18-13-15-21-25(23)28-29(27,30)31-26-22-16-14-20-24(26)19-12-10-8-6-4-2;;;/h13-16,18,20-22H,3-12,17,19H2,1-2H3,(H,27,30);;;/q;+2;2*-1. The van der Waals surface area contributed by atoms with Gasteiger partial charge in [0.05, 0.1) is 0 Å². The molecule has 0 heterocycles. The van der Waals surface area contributed by atoms with Gasteiger partial charge in [0.25, 0.3) is 5.69 Å². The van der Waals surface area contributed by atoms with Crippen molar-refractivity contribution in [2.75, 3.05) is 0 Å². The van der Waals surface area contributed by atoms with Crippen LogP contribution in [0.25, 0.3) is 0 Å². The van der Waals surface area contributed by atoms with Gasteiger partial charge in [0, 0.05) is 4.90 Å². The van der Waals surface area contributed by atoms with Crippen LogP contribution >= 0.6 is 17.1 Å². The molecule has 0 aliphatic heterocycles. The predicted octanol–water partition coefficient (Wildman–Crippen LogP) is 8.94. The van der Waals surface area contributed by atoms with Gasteiger partial charge >= 0.3 is 48.9 Å². The van der Waals surface area contributed by atoms with E-state index in [1.165, 1.54) is 74.7 Å². The fraction of sp³-hybridized carbons (Fsp3) is 0.538. The molecule has 0 spiro atoms. The summed E-state index contributed by atoms with van der Waals surface area (Å²) in [6.07, 6.45) is 14.5.